The summed E-state index contributed by atoms with van der Waals surface area (Å²) in [5.41, 5.74) is 2.85. The van der Waals surface area contributed by atoms with E-state index in [-0.39, 0.29) is 18.5 Å². The summed E-state index contributed by atoms with van der Waals surface area (Å²) in [4.78, 5) is 14.6. The van der Waals surface area contributed by atoms with Crippen molar-refractivity contribution in [1.29, 1.82) is 0 Å². The zero-order chi connectivity index (χ0) is 17.2. The fourth-order valence-corrected chi connectivity index (χ4v) is 3.61. The normalized spacial score (nSPS) is 19.1. The van der Waals surface area contributed by atoms with Crippen LogP contribution in [0.5, 0.6) is 0 Å². The van der Waals surface area contributed by atoms with Crippen molar-refractivity contribution in [1.82, 2.24) is 19.4 Å². The number of carbonyl (C=O) groups is 1. The third-order valence-electron chi connectivity index (χ3n) is 4.52. The van der Waals surface area contributed by atoms with Crippen molar-refractivity contribution < 1.29 is 13.2 Å². The Hall–Kier alpha value is -1.41. The van der Waals surface area contributed by atoms with Crippen LogP contribution in [0.3, 0.4) is 0 Å². The highest BCUT2D eigenvalue weighted by atomic mass is 32.2. The van der Waals surface area contributed by atoms with Gasteiger partial charge >= 0.3 is 0 Å². The van der Waals surface area contributed by atoms with Gasteiger partial charge in [0.25, 0.3) is 0 Å². The molecule has 0 bridgehead atoms. The number of aromatic nitrogens is 2. The number of hydrogen-bond acceptors (Lipinski definition) is 4. The molecule has 1 N–H and O–H groups in total. The van der Waals surface area contributed by atoms with Crippen molar-refractivity contribution in [3.8, 4) is 0 Å². The number of sulfonamides is 1. The second-order valence-electron chi connectivity index (χ2n) is 6.31. The van der Waals surface area contributed by atoms with Gasteiger partial charge in [0, 0.05) is 37.4 Å². The molecule has 0 aromatic carbocycles. The molecule has 7 nitrogen and oxygen atoms in total. The minimum atomic E-state index is -3.24. The lowest BCUT2D eigenvalue weighted by molar-refractivity contribution is -0.134. The predicted octanol–water partition coefficient (Wildman–Crippen LogP) is 0.510. The summed E-state index contributed by atoms with van der Waals surface area (Å²) in [6, 6.07) is -0.0664. The number of amides is 1. The molecule has 1 unspecified atom stereocenters. The molecule has 1 aromatic rings. The van der Waals surface area contributed by atoms with Crippen molar-refractivity contribution >= 4 is 15.9 Å². The minimum absolute atomic E-state index is 0.0456. The van der Waals surface area contributed by atoms with Gasteiger partial charge in [-0.15, -0.1) is 0 Å². The van der Waals surface area contributed by atoms with Gasteiger partial charge < -0.3 is 4.90 Å². The van der Waals surface area contributed by atoms with E-state index in [0.717, 1.165) is 42.5 Å². The number of rotatable bonds is 5. The van der Waals surface area contributed by atoms with Crippen LogP contribution in [0, 0.1) is 13.8 Å². The van der Waals surface area contributed by atoms with Crippen molar-refractivity contribution in [3.05, 3.63) is 17.0 Å². The average molecular weight is 342 g/mol. The highest BCUT2D eigenvalue weighted by Crippen LogP contribution is 2.20. The number of likely N-dealkylation sites (tertiary alicyclic amines) is 1. The predicted molar refractivity (Wildman–Crippen MR) is 88.6 cm³/mol. The SMILES string of the molecule is Cc1nn(C)c(C)c1CC(=O)N1CCCCC1CNS(C)(=O)=O. The topological polar surface area (TPSA) is 84.3 Å². The molecule has 2 heterocycles. The molecule has 1 atom stereocenters. The van der Waals surface area contributed by atoms with E-state index in [1.807, 2.05) is 25.8 Å². The Morgan fingerprint density at radius 1 is 1.35 bits per heavy atom. The van der Waals surface area contributed by atoms with E-state index in [0.29, 0.717) is 13.0 Å². The standard InChI is InChI=1S/C15H26N4O3S/c1-11-14(12(2)18(3)17-11)9-15(20)19-8-6-5-7-13(19)10-16-23(4,21)22/h13,16H,5-10H2,1-4H3. The summed E-state index contributed by atoms with van der Waals surface area (Å²) in [5, 5.41) is 4.35. The quantitative estimate of drug-likeness (QED) is 0.845. The molecule has 130 valence electrons. The van der Waals surface area contributed by atoms with Gasteiger partial charge in [-0.3, -0.25) is 9.48 Å². The third-order valence-corrected chi connectivity index (χ3v) is 5.21. The van der Waals surface area contributed by atoms with Gasteiger partial charge in [0.05, 0.1) is 18.4 Å². The zero-order valence-corrected chi connectivity index (χ0v) is 15.1. The Labute approximate surface area is 138 Å². The van der Waals surface area contributed by atoms with E-state index in [1.54, 1.807) is 4.68 Å². The Balaban J connectivity index is 2.08. The van der Waals surface area contributed by atoms with Gasteiger partial charge in [-0.05, 0) is 33.1 Å². The molecule has 0 radical (unpaired) electrons. The van der Waals surface area contributed by atoms with Crippen LogP contribution in [0.2, 0.25) is 0 Å². The van der Waals surface area contributed by atoms with E-state index >= 15 is 0 Å². The van der Waals surface area contributed by atoms with E-state index in [2.05, 4.69) is 9.82 Å². The third kappa shape index (κ3) is 4.54. The van der Waals surface area contributed by atoms with Gasteiger partial charge in [0.1, 0.15) is 0 Å². The molecule has 1 fully saturated rings. The first kappa shape index (κ1) is 17.9. The summed E-state index contributed by atoms with van der Waals surface area (Å²) < 4.78 is 26.9. The first-order chi connectivity index (χ1) is 10.7. The summed E-state index contributed by atoms with van der Waals surface area (Å²) in [6.07, 6.45) is 4.28. The van der Waals surface area contributed by atoms with E-state index in [9.17, 15) is 13.2 Å². The second-order valence-corrected chi connectivity index (χ2v) is 8.14. The van der Waals surface area contributed by atoms with E-state index < -0.39 is 10.0 Å². The summed E-state index contributed by atoms with van der Waals surface area (Å²) in [7, 11) is -1.37. The Kier molecular flexibility index (Phi) is 5.46. The first-order valence-electron chi connectivity index (χ1n) is 7.92. The molecule has 8 heteroatoms. The van der Waals surface area contributed by atoms with E-state index in [4.69, 9.17) is 0 Å². The molecule has 1 aromatic heterocycles. The van der Waals surface area contributed by atoms with Crippen LogP contribution in [-0.2, 0) is 28.3 Å². The molecule has 1 amide bonds. The number of nitrogens with one attached hydrogen (secondary N) is 1. The van der Waals surface area contributed by atoms with Crippen molar-refractivity contribution in [2.45, 2.75) is 45.6 Å². The first-order valence-corrected chi connectivity index (χ1v) is 9.81. The molecular weight excluding hydrogens is 316 g/mol. The maximum Gasteiger partial charge on any atom is 0.227 e. The molecule has 1 aliphatic heterocycles. The van der Waals surface area contributed by atoms with E-state index in [1.165, 1.54) is 0 Å². The smallest absolute Gasteiger partial charge is 0.227 e. The molecule has 0 aliphatic carbocycles. The lowest BCUT2D eigenvalue weighted by Gasteiger charge is -2.36. The fourth-order valence-electron chi connectivity index (χ4n) is 3.11. The Morgan fingerprint density at radius 3 is 2.61 bits per heavy atom. The molecule has 0 saturated carbocycles. The van der Waals surface area contributed by atoms with Crippen molar-refractivity contribution in [3.63, 3.8) is 0 Å². The monoisotopic (exact) mass is 342 g/mol. The number of aryl methyl sites for hydroxylation is 2. The van der Waals surface area contributed by atoms with Crippen LogP contribution in [-0.4, -0.2) is 54.4 Å². The summed E-state index contributed by atoms with van der Waals surface area (Å²) >= 11 is 0. The summed E-state index contributed by atoms with van der Waals surface area (Å²) in [6.45, 7) is 4.85. The summed E-state index contributed by atoms with van der Waals surface area (Å²) in [5.74, 6) is 0.0456. The molecular formula is C15H26N4O3S. The van der Waals surface area contributed by atoms with Gasteiger partial charge in [0.2, 0.25) is 15.9 Å². The van der Waals surface area contributed by atoms with Crippen molar-refractivity contribution in [2.24, 2.45) is 7.05 Å². The van der Waals surface area contributed by atoms with Crippen molar-refractivity contribution in [2.75, 3.05) is 19.3 Å². The minimum Gasteiger partial charge on any atom is -0.338 e. The maximum absolute atomic E-state index is 12.7. The highest BCUT2D eigenvalue weighted by molar-refractivity contribution is 7.88. The van der Waals surface area contributed by atoms with Crippen LogP contribution in [0.1, 0.15) is 36.2 Å². The van der Waals surface area contributed by atoms with Crippen LogP contribution in [0.4, 0.5) is 0 Å². The number of carbonyl (C=O) groups excluding carboxylic acids is 1. The number of piperidine rings is 1. The lowest BCUT2D eigenvalue weighted by Crippen LogP contribution is -2.49. The van der Waals surface area contributed by atoms with Crippen LogP contribution in [0.15, 0.2) is 0 Å². The van der Waals surface area contributed by atoms with Gasteiger partial charge in [-0.2, -0.15) is 5.10 Å². The maximum atomic E-state index is 12.7. The number of hydrogen-bond donors (Lipinski definition) is 1. The zero-order valence-electron chi connectivity index (χ0n) is 14.3. The largest absolute Gasteiger partial charge is 0.338 e. The van der Waals surface area contributed by atoms with Crippen LogP contribution < -0.4 is 4.72 Å². The van der Waals surface area contributed by atoms with Gasteiger partial charge in [-0.1, -0.05) is 0 Å². The Morgan fingerprint density at radius 2 is 2.04 bits per heavy atom. The molecule has 2 rings (SSSR count). The van der Waals surface area contributed by atoms with Crippen LogP contribution in [0.25, 0.3) is 0 Å². The fraction of sp³-hybridized carbons (Fsp3) is 0.733. The second kappa shape index (κ2) is 7.00. The molecule has 0 spiro atoms. The van der Waals surface area contributed by atoms with Gasteiger partial charge in [-0.25, -0.2) is 13.1 Å². The number of nitrogens with zero attached hydrogens (tertiary/aromatic N) is 3. The average Bonchev–Trinajstić information content (AvgIpc) is 2.71. The van der Waals surface area contributed by atoms with Crippen LogP contribution >= 0.6 is 0 Å². The molecule has 1 saturated heterocycles. The Bertz CT molecular complexity index is 681. The van der Waals surface area contributed by atoms with Gasteiger partial charge in [0.15, 0.2) is 0 Å². The molecule has 23 heavy (non-hydrogen) atoms. The molecule has 1 aliphatic rings. The highest BCUT2D eigenvalue weighted by Gasteiger charge is 2.28. The lowest BCUT2D eigenvalue weighted by atomic mass is 10.0.